The standard InChI is InChI=1S/C19H21Cl2N3O2/c1-13-3-5-16(21)17(11-13)26-14(2)19(25)24-9-7-23(8-10-24)18-6-4-15(20)12-22-18/h3-6,11-12,14H,7-10H2,1-2H3. The van der Waals surface area contributed by atoms with Crippen LogP contribution in [0.3, 0.4) is 0 Å². The van der Waals surface area contributed by atoms with Gasteiger partial charge < -0.3 is 14.5 Å². The predicted molar refractivity (Wildman–Crippen MR) is 104 cm³/mol. The van der Waals surface area contributed by atoms with Gasteiger partial charge in [0.1, 0.15) is 11.6 Å². The fourth-order valence-corrected chi connectivity index (χ4v) is 3.18. The van der Waals surface area contributed by atoms with Crippen molar-refractivity contribution in [3.63, 3.8) is 0 Å². The smallest absolute Gasteiger partial charge is 0.263 e. The van der Waals surface area contributed by atoms with E-state index >= 15 is 0 Å². The van der Waals surface area contributed by atoms with Gasteiger partial charge in [-0.1, -0.05) is 29.3 Å². The summed E-state index contributed by atoms with van der Waals surface area (Å²) in [6, 6.07) is 9.25. The molecule has 1 saturated heterocycles. The van der Waals surface area contributed by atoms with Crippen LogP contribution in [0, 0.1) is 6.92 Å². The molecule has 2 aromatic rings. The van der Waals surface area contributed by atoms with Crippen molar-refractivity contribution in [2.24, 2.45) is 0 Å². The maximum Gasteiger partial charge on any atom is 0.263 e. The molecule has 3 rings (SSSR count). The lowest BCUT2D eigenvalue weighted by Gasteiger charge is -2.36. The van der Waals surface area contributed by atoms with Gasteiger partial charge in [-0.05, 0) is 43.7 Å². The van der Waals surface area contributed by atoms with Gasteiger partial charge in [-0.2, -0.15) is 0 Å². The van der Waals surface area contributed by atoms with E-state index < -0.39 is 6.10 Å². The van der Waals surface area contributed by atoms with Crippen molar-refractivity contribution in [1.82, 2.24) is 9.88 Å². The molecule has 1 aromatic heterocycles. The largest absolute Gasteiger partial charge is 0.479 e. The average Bonchev–Trinajstić information content (AvgIpc) is 2.65. The number of carbonyl (C=O) groups is 1. The third-order valence-electron chi connectivity index (χ3n) is 4.37. The molecule has 0 radical (unpaired) electrons. The second-order valence-electron chi connectivity index (χ2n) is 6.34. The highest BCUT2D eigenvalue weighted by Crippen LogP contribution is 2.26. The lowest BCUT2D eigenvalue weighted by molar-refractivity contribution is -0.138. The number of carbonyl (C=O) groups excluding carboxylic acids is 1. The number of hydrogen-bond acceptors (Lipinski definition) is 4. The molecule has 0 N–H and O–H groups in total. The number of benzene rings is 1. The zero-order valence-corrected chi connectivity index (χ0v) is 16.3. The summed E-state index contributed by atoms with van der Waals surface area (Å²) >= 11 is 12.0. The maximum atomic E-state index is 12.7. The van der Waals surface area contributed by atoms with E-state index in [0.717, 1.165) is 24.5 Å². The molecule has 7 heteroatoms. The fraction of sp³-hybridized carbons (Fsp3) is 0.368. The normalized spacial score (nSPS) is 15.7. The minimum absolute atomic E-state index is 0.0358. The van der Waals surface area contributed by atoms with E-state index in [4.69, 9.17) is 27.9 Å². The summed E-state index contributed by atoms with van der Waals surface area (Å²) in [5.74, 6) is 1.38. The second-order valence-corrected chi connectivity index (χ2v) is 7.18. The molecule has 0 saturated carbocycles. The lowest BCUT2D eigenvalue weighted by Crippen LogP contribution is -2.52. The summed E-state index contributed by atoms with van der Waals surface area (Å²) in [5.41, 5.74) is 1.04. The van der Waals surface area contributed by atoms with Gasteiger partial charge in [0.25, 0.3) is 5.91 Å². The molecule has 1 unspecified atom stereocenters. The molecule has 1 aromatic carbocycles. The zero-order valence-electron chi connectivity index (χ0n) is 14.8. The highest BCUT2D eigenvalue weighted by atomic mass is 35.5. The van der Waals surface area contributed by atoms with Crippen LogP contribution in [-0.4, -0.2) is 48.1 Å². The van der Waals surface area contributed by atoms with Crippen molar-refractivity contribution in [3.05, 3.63) is 52.1 Å². The van der Waals surface area contributed by atoms with Gasteiger partial charge in [0.05, 0.1) is 10.0 Å². The Hall–Kier alpha value is -1.98. The number of hydrogen-bond donors (Lipinski definition) is 0. The number of rotatable bonds is 4. The Kier molecular flexibility index (Phi) is 5.89. The zero-order chi connectivity index (χ0) is 18.7. The molecule has 0 aliphatic carbocycles. The van der Waals surface area contributed by atoms with E-state index in [-0.39, 0.29) is 5.91 Å². The molecule has 1 amide bonds. The molecule has 0 spiro atoms. The van der Waals surface area contributed by atoms with Crippen molar-refractivity contribution in [2.75, 3.05) is 31.1 Å². The molecular formula is C19H21Cl2N3O2. The van der Waals surface area contributed by atoms with E-state index in [0.29, 0.717) is 28.9 Å². The van der Waals surface area contributed by atoms with Gasteiger partial charge in [-0.3, -0.25) is 4.79 Å². The summed E-state index contributed by atoms with van der Waals surface area (Å²) in [7, 11) is 0. The van der Waals surface area contributed by atoms with Crippen LogP contribution >= 0.6 is 23.2 Å². The molecule has 2 heterocycles. The minimum atomic E-state index is -0.588. The van der Waals surface area contributed by atoms with Crippen molar-refractivity contribution < 1.29 is 9.53 Å². The number of amides is 1. The number of piperazine rings is 1. The van der Waals surface area contributed by atoms with Crippen LogP contribution in [0.4, 0.5) is 5.82 Å². The first kappa shape index (κ1) is 18.8. The van der Waals surface area contributed by atoms with Crippen molar-refractivity contribution >= 4 is 34.9 Å². The molecule has 1 aliphatic rings. The Morgan fingerprint density at radius 3 is 2.54 bits per heavy atom. The van der Waals surface area contributed by atoms with Crippen molar-refractivity contribution in [3.8, 4) is 5.75 Å². The van der Waals surface area contributed by atoms with Crippen LogP contribution in [0.2, 0.25) is 10.0 Å². The summed E-state index contributed by atoms with van der Waals surface area (Å²) < 4.78 is 5.80. The number of aryl methyl sites for hydroxylation is 1. The Morgan fingerprint density at radius 2 is 1.88 bits per heavy atom. The van der Waals surface area contributed by atoms with Crippen molar-refractivity contribution in [1.29, 1.82) is 0 Å². The van der Waals surface area contributed by atoms with Crippen molar-refractivity contribution in [2.45, 2.75) is 20.0 Å². The Bertz CT molecular complexity index is 775. The highest BCUT2D eigenvalue weighted by Gasteiger charge is 2.27. The van der Waals surface area contributed by atoms with Crippen LogP contribution < -0.4 is 9.64 Å². The first-order valence-electron chi connectivity index (χ1n) is 8.52. The summed E-state index contributed by atoms with van der Waals surface area (Å²) in [5, 5.41) is 1.12. The topological polar surface area (TPSA) is 45.7 Å². The van der Waals surface area contributed by atoms with Gasteiger partial charge in [0.15, 0.2) is 6.10 Å². The van der Waals surface area contributed by atoms with Gasteiger partial charge in [-0.15, -0.1) is 0 Å². The van der Waals surface area contributed by atoms with Crippen LogP contribution in [0.15, 0.2) is 36.5 Å². The van der Waals surface area contributed by atoms with Crippen LogP contribution in [0.1, 0.15) is 12.5 Å². The number of pyridine rings is 1. The Morgan fingerprint density at radius 1 is 1.15 bits per heavy atom. The number of ether oxygens (including phenoxy) is 1. The summed E-state index contributed by atoms with van der Waals surface area (Å²) in [6.45, 7) is 6.40. The van der Waals surface area contributed by atoms with Crippen LogP contribution in [0.25, 0.3) is 0 Å². The number of nitrogens with zero attached hydrogens (tertiary/aromatic N) is 3. The van der Waals surface area contributed by atoms with E-state index in [2.05, 4.69) is 9.88 Å². The van der Waals surface area contributed by atoms with Gasteiger partial charge in [0.2, 0.25) is 0 Å². The molecule has 5 nitrogen and oxygen atoms in total. The SMILES string of the molecule is Cc1ccc(Cl)c(OC(C)C(=O)N2CCN(c3ccc(Cl)cn3)CC2)c1. The molecule has 138 valence electrons. The van der Waals surface area contributed by atoms with Gasteiger partial charge >= 0.3 is 0 Å². The quantitative estimate of drug-likeness (QED) is 0.791. The number of aromatic nitrogens is 1. The van der Waals surface area contributed by atoms with Crippen LogP contribution in [0.5, 0.6) is 5.75 Å². The van der Waals surface area contributed by atoms with E-state index in [1.807, 2.05) is 36.1 Å². The minimum Gasteiger partial charge on any atom is -0.479 e. The monoisotopic (exact) mass is 393 g/mol. The third kappa shape index (κ3) is 4.40. The Labute approximate surface area is 163 Å². The summed E-state index contributed by atoms with van der Waals surface area (Å²) in [6.07, 6.45) is 1.05. The third-order valence-corrected chi connectivity index (χ3v) is 4.90. The number of halogens is 2. The molecule has 1 aliphatic heterocycles. The maximum absolute atomic E-state index is 12.7. The summed E-state index contributed by atoms with van der Waals surface area (Å²) in [4.78, 5) is 21.0. The molecular weight excluding hydrogens is 373 g/mol. The fourth-order valence-electron chi connectivity index (χ4n) is 2.91. The molecule has 26 heavy (non-hydrogen) atoms. The van der Waals surface area contributed by atoms with Gasteiger partial charge in [0, 0.05) is 32.4 Å². The lowest BCUT2D eigenvalue weighted by atomic mass is 10.2. The first-order valence-corrected chi connectivity index (χ1v) is 9.28. The molecule has 1 fully saturated rings. The molecule has 0 bridgehead atoms. The first-order chi connectivity index (χ1) is 12.4. The average molecular weight is 394 g/mol. The second kappa shape index (κ2) is 8.14. The van der Waals surface area contributed by atoms with Crippen LogP contribution in [-0.2, 0) is 4.79 Å². The predicted octanol–water partition coefficient (Wildman–Crippen LogP) is 3.81. The Balaban J connectivity index is 1.57. The van der Waals surface area contributed by atoms with Gasteiger partial charge in [-0.25, -0.2) is 4.98 Å². The van der Waals surface area contributed by atoms with E-state index in [1.54, 1.807) is 19.2 Å². The molecule has 1 atom stereocenters. The highest BCUT2D eigenvalue weighted by molar-refractivity contribution is 6.32. The van der Waals surface area contributed by atoms with E-state index in [1.165, 1.54) is 0 Å². The van der Waals surface area contributed by atoms with E-state index in [9.17, 15) is 4.79 Å². The number of anilines is 1.